The van der Waals surface area contributed by atoms with E-state index < -0.39 is 0 Å². The van der Waals surface area contributed by atoms with Gasteiger partial charge in [0.25, 0.3) is 5.91 Å². The highest BCUT2D eigenvalue weighted by atomic mass is 16.5. The second-order valence-corrected chi connectivity index (χ2v) is 6.15. The molecule has 130 valence electrons. The molecule has 0 unspecified atom stereocenters. The van der Waals surface area contributed by atoms with Gasteiger partial charge in [0.15, 0.2) is 0 Å². The quantitative estimate of drug-likeness (QED) is 0.881. The minimum Gasteiger partial charge on any atom is -0.497 e. The topological polar surface area (TPSA) is 58.6 Å². The molecular formula is C20H22N2O3. The largest absolute Gasteiger partial charge is 0.497 e. The number of carbonyl (C=O) groups excluding carboxylic acids is 2. The summed E-state index contributed by atoms with van der Waals surface area (Å²) < 4.78 is 5.18. The number of benzene rings is 2. The molecular weight excluding hydrogens is 316 g/mol. The lowest BCUT2D eigenvalue weighted by molar-refractivity contribution is -0.128. The highest BCUT2D eigenvalue weighted by molar-refractivity contribution is 5.94. The van der Waals surface area contributed by atoms with Crippen LogP contribution in [0, 0.1) is 0 Å². The summed E-state index contributed by atoms with van der Waals surface area (Å²) in [6, 6.07) is 15.0. The first-order valence-corrected chi connectivity index (χ1v) is 8.43. The molecule has 1 fully saturated rings. The third kappa shape index (κ3) is 4.38. The van der Waals surface area contributed by atoms with Gasteiger partial charge in [-0.05, 0) is 41.8 Å². The van der Waals surface area contributed by atoms with Crippen LogP contribution >= 0.6 is 0 Å². The Balaban J connectivity index is 1.56. The Kier molecular flexibility index (Phi) is 5.33. The fraction of sp³-hybridized carbons (Fsp3) is 0.300. The van der Waals surface area contributed by atoms with Gasteiger partial charge in [0.2, 0.25) is 5.91 Å². The van der Waals surface area contributed by atoms with Crippen molar-refractivity contribution >= 4 is 11.8 Å². The van der Waals surface area contributed by atoms with Crippen molar-refractivity contribution in [2.45, 2.75) is 25.9 Å². The molecule has 0 aromatic heterocycles. The molecule has 25 heavy (non-hydrogen) atoms. The van der Waals surface area contributed by atoms with E-state index in [1.807, 2.05) is 41.3 Å². The van der Waals surface area contributed by atoms with Crippen molar-refractivity contribution in [2.24, 2.45) is 0 Å². The molecule has 2 aromatic carbocycles. The molecule has 0 aliphatic carbocycles. The summed E-state index contributed by atoms with van der Waals surface area (Å²) in [5, 5.41) is 2.91. The highest BCUT2D eigenvalue weighted by Crippen LogP contribution is 2.15. The molecule has 1 heterocycles. The van der Waals surface area contributed by atoms with Crippen LogP contribution in [0.5, 0.6) is 5.75 Å². The molecule has 0 atom stereocenters. The number of nitrogens with one attached hydrogen (secondary N) is 1. The minimum atomic E-state index is -0.119. The van der Waals surface area contributed by atoms with Crippen LogP contribution in [0.1, 0.15) is 34.3 Å². The Labute approximate surface area is 147 Å². The molecule has 0 bridgehead atoms. The normalized spacial score (nSPS) is 13.8. The average molecular weight is 338 g/mol. The summed E-state index contributed by atoms with van der Waals surface area (Å²) in [6.45, 7) is 1.88. The third-order valence-electron chi connectivity index (χ3n) is 4.35. The van der Waals surface area contributed by atoms with Crippen LogP contribution in [-0.4, -0.2) is 30.4 Å². The molecule has 2 amide bonds. The maximum Gasteiger partial charge on any atom is 0.251 e. The monoisotopic (exact) mass is 338 g/mol. The second kappa shape index (κ2) is 7.83. The maximum absolute atomic E-state index is 12.3. The zero-order valence-electron chi connectivity index (χ0n) is 14.3. The van der Waals surface area contributed by atoms with E-state index in [-0.39, 0.29) is 11.8 Å². The Morgan fingerprint density at radius 2 is 1.96 bits per heavy atom. The first kappa shape index (κ1) is 17.0. The van der Waals surface area contributed by atoms with Gasteiger partial charge in [0.05, 0.1) is 7.11 Å². The summed E-state index contributed by atoms with van der Waals surface area (Å²) in [5.41, 5.74) is 2.64. The number of hydrogen-bond acceptors (Lipinski definition) is 3. The molecule has 1 saturated heterocycles. The van der Waals surface area contributed by atoms with Crippen molar-refractivity contribution in [3.63, 3.8) is 0 Å². The van der Waals surface area contributed by atoms with Gasteiger partial charge >= 0.3 is 0 Å². The standard InChI is InChI=1S/C20H22N2O3/c1-25-18-5-2-4-16(12-18)13-21-20(24)17-9-7-15(8-10-17)14-22-11-3-6-19(22)23/h2,4-5,7-10,12H,3,6,11,13-14H2,1H3,(H,21,24). The van der Waals surface area contributed by atoms with E-state index in [9.17, 15) is 9.59 Å². The van der Waals surface area contributed by atoms with Crippen molar-refractivity contribution in [1.82, 2.24) is 10.2 Å². The molecule has 5 nitrogen and oxygen atoms in total. The molecule has 3 rings (SSSR count). The number of likely N-dealkylation sites (tertiary alicyclic amines) is 1. The van der Waals surface area contributed by atoms with E-state index in [1.165, 1.54) is 0 Å². The first-order valence-electron chi connectivity index (χ1n) is 8.43. The van der Waals surface area contributed by atoms with Crippen molar-refractivity contribution < 1.29 is 14.3 Å². The molecule has 5 heteroatoms. The molecule has 0 radical (unpaired) electrons. The number of nitrogens with zero attached hydrogens (tertiary/aromatic N) is 1. The minimum absolute atomic E-state index is 0.119. The molecule has 1 N–H and O–H groups in total. The molecule has 0 saturated carbocycles. The fourth-order valence-corrected chi connectivity index (χ4v) is 2.92. The van der Waals surface area contributed by atoms with Crippen molar-refractivity contribution in [2.75, 3.05) is 13.7 Å². The highest BCUT2D eigenvalue weighted by Gasteiger charge is 2.19. The van der Waals surface area contributed by atoms with E-state index in [0.29, 0.717) is 25.1 Å². The SMILES string of the molecule is COc1cccc(CNC(=O)c2ccc(CN3CCCC3=O)cc2)c1. The van der Waals surface area contributed by atoms with E-state index in [1.54, 1.807) is 19.2 Å². The van der Waals surface area contributed by atoms with E-state index >= 15 is 0 Å². The number of methoxy groups -OCH3 is 1. The number of rotatable bonds is 6. The first-order chi connectivity index (χ1) is 12.2. The number of ether oxygens (including phenoxy) is 1. The van der Waals surface area contributed by atoms with Crippen LogP contribution < -0.4 is 10.1 Å². The van der Waals surface area contributed by atoms with E-state index in [4.69, 9.17) is 4.74 Å². The van der Waals surface area contributed by atoms with Gasteiger partial charge in [-0.15, -0.1) is 0 Å². The molecule has 0 spiro atoms. The molecule has 1 aliphatic rings. The lowest BCUT2D eigenvalue weighted by atomic mass is 10.1. The smallest absolute Gasteiger partial charge is 0.251 e. The number of hydrogen-bond donors (Lipinski definition) is 1. The van der Waals surface area contributed by atoms with Gasteiger partial charge in [0, 0.05) is 31.6 Å². The van der Waals surface area contributed by atoms with Gasteiger partial charge in [-0.1, -0.05) is 24.3 Å². The summed E-state index contributed by atoms with van der Waals surface area (Å²) >= 11 is 0. The van der Waals surface area contributed by atoms with Crippen molar-refractivity contribution in [3.05, 3.63) is 65.2 Å². The van der Waals surface area contributed by atoms with Crippen LogP contribution in [0.25, 0.3) is 0 Å². The van der Waals surface area contributed by atoms with Gasteiger partial charge in [0.1, 0.15) is 5.75 Å². The van der Waals surface area contributed by atoms with Crippen LogP contribution in [0.15, 0.2) is 48.5 Å². The van der Waals surface area contributed by atoms with Gasteiger partial charge in [-0.25, -0.2) is 0 Å². The van der Waals surface area contributed by atoms with E-state index in [2.05, 4.69) is 5.32 Å². The Morgan fingerprint density at radius 1 is 1.16 bits per heavy atom. The van der Waals surface area contributed by atoms with Crippen LogP contribution in [0.3, 0.4) is 0 Å². The molecule has 1 aliphatic heterocycles. The maximum atomic E-state index is 12.3. The lowest BCUT2D eigenvalue weighted by Crippen LogP contribution is -2.24. The summed E-state index contributed by atoms with van der Waals surface area (Å²) in [6.07, 6.45) is 1.58. The fourth-order valence-electron chi connectivity index (χ4n) is 2.92. The van der Waals surface area contributed by atoms with Crippen molar-refractivity contribution in [3.8, 4) is 5.75 Å². The Morgan fingerprint density at radius 3 is 2.64 bits per heavy atom. The van der Waals surface area contributed by atoms with Gasteiger partial charge in [-0.3, -0.25) is 9.59 Å². The molecule has 2 aromatic rings. The Bertz CT molecular complexity index is 756. The summed E-state index contributed by atoms with van der Waals surface area (Å²) in [5.74, 6) is 0.860. The summed E-state index contributed by atoms with van der Waals surface area (Å²) in [7, 11) is 1.62. The Hall–Kier alpha value is -2.82. The predicted molar refractivity (Wildman–Crippen MR) is 95.3 cm³/mol. The van der Waals surface area contributed by atoms with Gasteiger partial charge < -0.3 is 15.0 Å². The van der Waals surface area contributed by atoms with E-state index in [0.717, 1.165) is 29.8 Å². The summed E-state index contributed by atoms with van der Waals surface area (Å²) in [4.78, 5) is 25.8. The predicted octanol–water partition coefficient (Wildman–Crippen LogP) is 2.75. The zero-order valence-corrected chi connectivity index (χ0v) is 14.3. The third-order valence-corrected chi connectivity index (χ3v) is 4.35. The van der Waals surface area contributed by atoms with Crippen molar-refractivity contribution in [1.29, 1.82) is 0 Å². The average Bonchev–Trinajstić information content (AvgIpc) is 3.05. The zero-order chi connectivity index (χ0) is 17.6. The second-order valence-electron chi connectivity index (χ2n) is 6.15. The van der Waals surface area contributed by atoms with Gasteiger partial charge in [-0.2, -0.15) is 0 Å². The lowest BCUT2D eigenvalue weighted by Gasteiger charge is -2.15. The van der Waals surface area contributed by atoms with Crippen LogP contribution in [0.2, 0.25) is 0 Å². The number of carbonyl (C=O) groups is 2. The number of amides is 2. The van der Waals surface area contributed by atoms with Crippen LogP contribution in [0.4, 0.5) is 0 Å². The van der Waals surface area contributed by atoms with Crippen LogP contribution in [-0.2, 0) is 17.9 Å².